The first kappa shape index (κ1) is 17.3. The van der Waals surface area contributed by atoms with Crippen LogP contribution < -0.4 is 20.1 Å². The second-order valence-electron chi connectivity index (χ2n) is 5.12. The number of carbonyl (C=O) groups is 2. The predicted molar refractivity (Wildman–Crippen MR) is 91.7 cm³/mol. The van der Waals surface area contributed by atoms with E-state index in [9.17, 15) is 9.59 Å². The van der Waals surface area contributed by atoms with E-state index in [2.05, 4.69) is 10.6 Å². The number of ether oxygens (including phenoxy) is 2. The van der Waals surface area contributed by atoms with Crippen molar-refractivity contribution in [2.75, 3.05) is 26.1 Å². The van der Waals surface area contributed by atoms with Gasteiger partial charge in [-0.05, 0) is 30.7 Å². The Morgan fingerprint density at radius 2 is 1.62 bits per heavy atom. The van der Waals surface area contributed by atoms with E-state index in [-0.39, 0.29) is 18.4 Å². The highest BCUT2D eigenvalue weighted by Gasteiger charge is 2.12. The lowest BCUT2D eigenvalue weighted by Crippen LogP contribution is -2.32. The molecule has 0 radical (unpaired) electrons. The first-order valence-electron chi connectivity index (χ1n) is 7.41. The van der Waals surface area contributed by atoms with Crippen molar-refractivity contribution in [1.82, 2.24) is 5.32 Å². The summed E-state index contributed by atoms with van der Waals surface area (Å²) in [6.07, 6.45) is 0. The highest BCUT2D eigenvalue weighted by Crippen LogP contribution is 2.32. The molecule has 6 heteroatoms. The van der Waals surface area contributed by atoms with E-state index < -0.39 is 0 Å². The summed E-state index contributed by atoms with van der Waals surface area (Å²) in [5.41, 5.74) is 1.94. The summed E-state index contributed by atoms with van der Waals surface area (Å²) in [6.45, 7) is 1.72. The average Bonchev–Trinajstić information content (AvgIpc) is 2.61. The van der Waals surface area contributed by atoms with Crippen LogP contribution in [0.3, 0.4) is 0 Å². The Bertz CT molecular complexity index is 729. The minimum Gasteiger partial charge on any atom is -0.493 e. The van der Waals surface area contributed by atoms with Crippen LogP contribution in [0.15, 0.2) is 42.5 Å². The minimum atomic E-state index is -0.324. The van der Waals surface area contributed by atoms with Crippen molar-refractivity contribution in [3.63, 3.8) is 0 Å². The van der Waals surface area contributed by atoms with Crippen molar-refractivity contribution in [1.29, 1.82) is 0 Å². The highest BCUT2D eigenvalue weighted by atomic mass is 16.5. The number of nitrogens with one attached hydrogen (secondary N) is 2. The molecule has 2 amide bonds. The van der Waals surface area contributed by atoms with Crippen molar-refractivity contribution in [2.45, 2.75) is 6.92 Å². The van der Waals surface area contributed by atoms with Gasteiger partial charge in [-0.15, -0.1) is 0 Å². The Hall–Kier alpha value is -3.02. The van der Waals surface area contributed by atoms with Crippen LogP contribution in [0, 0.1) is 6.92 Å². The lowest BCUT2D eigenvalue weighted by Gasteiger charge is -2.14. The number of anilines is 1. The van der Waals surface area contributed by atoms with Gasteiger partial charge >= 0.3 is 0 Å². The molecule has 0 aromatic heterocycles. The van der Waals surface area contributed by atoms with Gasteiger partial charge in [0.25, 0.3) is 5.91 Å². The molecule has 2 aromatic carbocycles. The van der Waals surface area contributed by atoms with E-state index in [0.717, 1.165) is 5.56 Å². The van der Waals surface area contributed by atoms with Gasteiger partial charge in [0, 0.05) is 17.3 Å². The zero-order chi connectivity index (χ0) is 17.5. The van der Waals surface area contributed by atoms with Crippen LogP contribution in [0.1, 0.15) is 15.9 Å². The fourth-order valence-corrected chi connectivity index (χ4v) is 2.16. The van der Waals surface area contributed by atoms with Crippen LogP contribution in [0.4, 0.5) is 5.69 Å². The zero-order valence-electron chi connectivity index (χ0n) is 13.9. The average molecular weight is 328 g/mol. The number of aryl methyl sites for hydroxylation is 1. The van der Waals surface area contributed by atoms with Gasteiger partial charge in [-0.3, -0.25) is 9.59 Å². The SMILES string of the molecule is COc1cc(C)c(NC(=O)CNC(=O)c2ccccc2)cc1OC. The molecule has 0 aliphatic rings. The third kappa shape index (κ3) is 4.25. The van der Waals surface area contributed by atoms with Crippen molar-refractivity contribution in [2.24, 2.45) is 0 Å². The first-order valence-corrected chi connectivity index (χ1v) is 7.41. The molecule has 0 saturated heterocycles. The Labute approximate surface area is 140 Å². The van der Waals surface area contributed by atoms with Gasteiger partial charge in [-0.2, -0.15) is 0 Å². The molecule has 0 spiro atoms. The number of carbonyl (C=O) groups excluding carboxylic acids is 2. The summed E-state index contributed by atoms with van der Waals surface area (Å²) >= 11 is 0. The molecule has 0 unspecified atom stereocenters. The molecular formula is C18H20N2O4. The lowest BCUT2D eigenvalue weighted by atomic mass is 10.1. The van der Waals surface area contributed by atoms with E-state index >= 15 is 0 Å². The molecule has 0 fully saturated rings. The third-order valence-corrected chi connectivity index (χ3v) is 3.45. The monoisotopic (exact) mass is 328 g/mol. The summed E-state index contributed by atoms with van der Waals surface area (Å²) in [5.74, 6) is 0.487. The predicted octanol–water partition coefficient (Wildman–Crippen LogP) is 2.38. The van der Waals surface area contributed by atoms with Crippen molar-refractivity contribution in [3.8, 4) is 11.5 Å². The van der Waals surface area contributed by atoms with Crippen molar-refractivity contribution >= 4 is 17.5 Å². The third-order valence-electron chi connectivity index (χ3n) is 3.45. The number of benzene rings is 2. The molecular weight excluding hydrogens is 308 g/mol. The van der Waals surface area contributed by atoms with Gasteiger partial charge in [0.05, 0.1) is 20.8 Å². The maximum Gasteiger partial charge on any atom is 0.251 e. The van der Waals surface area contributed by atoms with E-state index in [1.807, 2.05) is 13.0 Å². The summed E-state index contributed by atoms with van der Waals surface area (Å²) in [4.78, 5) is 24.0. The highest BCUT2D eigenvalue weighted by molar-refractivity contribution is 5.99. The maximum atomic E-state index is 12.1. The molecule has 0 atom stereocenters. The molecule has 0 saturated carbocycles. The van der Waals surface area contributed by atoms with E-state index in [1.165, 1.54) is 7.11 Å². The molecule has 24 heavy (non-hydrogen) atoms. The van der Waals surface area contributed by atoms with Gasteiger partial charge in [0.1, 0.15) is 0 Å². The van der Waals surface area contributed by atoms with E-state index in [0.29, 0.717) is 22.7 Å². The number of methoxy groups -OCH3 is 2. The number of hydrogen-bond acceptors (Lipinski definition) is 4. The van der Waals surface area contributed by atoms with Crippen LogP contribution in [0.2, 0.25) is 0 Å². The van der Waals surface area contributed by atoms with E-state index in [4.69, 9.17) is 9.47 Å². The van der Waals surface area contributed by atoms with Gasteiger partial charge in [0.15, 0.2) is 11.5 Å². The van der Waals surface area contributed by atoms with Gasteiger partial charge in [-0.25, -0.2) is 0 Å². The molecule has 0 aliphatic heterocycles. The molecule has 2 aromatic rings. The second-order valence-corrected chi connectivity index (χ2v) is 5.12. The molecule has 126 valence electrons. The lowest BCUT2D eigenvalue weighted by molar-refractivity contribution is -0.115. The Morgan fingerprint density at radius 3 is 2.25 bits per heavy atom. The van der Waals surface area contributed by atoms with Crippen LogP contribution in [0.5, 0.6) is 11.5 Å². The molecule has 0 bridgehead atoms. The Kier molecular flexibility index (Phi) is 5.78. The summed E-state index contributed by atoms with van der Waals surface area (Å²) in [6, 6.07) is 12.2. The molecule has 0 heterocycles. The smallest absolute Gasteiger partial charge is 0.251 e. The topological polar surface area (TPSA) is 76.7 Å². The molecule has 2 rings (SSSR count). The van der Waals surface area contributed by atoms with E-state index in [1.54, 1.807) is 43.5 Å². The van der Waals surface area contributed by atoms with Crippen LogP contribution in [-0.2, 0) is 4.79 Å². The number of rotatable bonds is 6. The summed E-state index contributed by atoms with van der Waals surface area (Å²) in [7, 11) is 3.08. The standard InChI is InChI=1S/C18H20N2O4/c1-12-9-15(23-2)16(24-3)10-14(12)20-17(21)11-19-18(22)13-7-5-4-6-8-13/h4-10H,11H2,1-3H3,(H,19,22)(H,20,21). The van der Waals surface area contributed by atoms with Gasteiger partial charge in [-0.1, -0.05) is 18.2 Å². The largest absolute Gasteiger partial charge is 0.493 e. The van der Waals surface area contributed by atoms with Gasteiger partial charge < -0.3 is 20.1 Å². The zero-order valence-corrected chi connectivity index (χ0v) is 13.9. The summed E-state index contributed by atoms with van der Waals surface area (Å²) in [5, 5.41) is 5.34. The van der Waals surface area contributed by atoms with Crippen LogP contribution >= 0.6 is 0 Å². The van der Waals surface area contributed by atoms with Crippen molar-refractivity contribution in [3.05, 3.63) is 53.6 Å². The fourth-order valence-electron chi connectivity index (χ4n) is 2.16. The van der Waals surface area contributed by atoms with Crippen LogP contribution in [-0.4, -0.2) is 32.6 Å². The van der Waals surface area contributed by atoms with Crippen LogP contribution in [0.25, 0.3) is 0 Å². The second kappa shape index (κ2) is 8.01. The number of hydrogen-bond donors (Lipinski definition) is 2. The molecule has 6 nitrogen and oxygen atoms in total. The number of amides is 2. The molecule has 0 aliphatic carbocycles. The minimum absolute atomic E-state index is 0.123. The van der Waals surface area contributed by atoms with Crippen molar-refractivity contribution < 1.29 is 19.1 Å². The summed E-state index contributed by atoms with van der Waals surface area (Å²) < 4.78 is 10.4. The Morgan fingerprint density at radius 1 is 1.00 bits per heavy atom. The fraction of sp³-hybridized carbons (Fsp3) is 0.222. The first-order chi connectivity index (χ1) is 11.5. The normalized spacial score (nSPS) is 9.96. The van der Waals surface area contributed by atoms with Gasteiger partial charge in [0.2, 0.25) is 5.91 Å². The Balaban J connectivity index is 1.98. The quantitative estimate of drug-likeness (QED) is 0.853. The molecule has 2 N–H and O–H groups in total. The maximum absolute atomic E-state index is 12.1.